The van der Waals surface area contributed by atoms with Gasteiger partial charge in [0.25, 0.3) is 5.91 Å². The van der Waals surface area contributed by atoms with Gasteiger partial charge in [0.1, 0.15) is 10.8 Å². The summed E-state index contributed by atoms with van der Waals surface area (Å²) in [5, 5.41) is 5.33. The van der Waals surface area contributed by atoms with Crippen molar-refractivity contribution in [1.29, 1.82) is 0 Å². The van der Waals surface area contributed by atoms with Gasteiger partial charge in [0.15, 0.2) is 0 Å². The Balaban J connectivity index is 2.36. The third-order valence-corrected chi connectivity index (χ3v) is 4.66. The summed E-state index contributed by atoms with van der Waals surface area (Å²) >= 11 is 1.20. The number of ether oxygens (including phenoxy) is 1. The first kappa shape index (κ1) is 18.6. The number of halogens is 1. The van der Waals surface area contributed by atoms with Gasteiger partial charge in [-0.15, -0.1) is 11.3 Å². The smallest absolute Gasteiger partial charge is 0.341 e. The molecule has 1 aromatic carbocycles. The second-order valence-electron chi connectivity index (χ2n) is 5.31. The van der Waals surface area contributed by atoms with Crippen molar-refractivity contribution < 1.29 is 23.5 Å². The number of benzene rings is 1. The summed E-state index contributed by atoms with van der Waals surface area (Å²) in [6.07, 6.45) is 0. The van der Waals surface area contributed by atoms with Crippen LogP contribution in [0.1, 0.15) is 38.1 Å². The Hall–Kier alpha value is -2.74. The molecule has 8 heteroatoms. The highest BCUT2D eigenvalue weighted by Gasteiger charge is 2.23. The number of thiophene rings is 1. The van der Waals surface area contributed by atoms with Crippen LogP contribution in [0, 0.1) is 19.7 Å². The van der Waals surface area contributed by atoms with Crippen molar-refractivity contribution in [1.82, 2.24) is 0 Å². The molecule has 0 bridgehead atoms. The van der Waals surface area contributed by atoms with Crippen LogP contribution in [0.15, 0.2) is 18.2 Å². The van der Waals surface area contributed by atoms with Gasteiger partial charge < -0.3 is 15.4 Å². The van der Waals surface area contributed by atoms with Crippen LogP contribution in [-0.2, 0) is 9.53 Å². The SMILES string of the molecule is COC(=O)c1c(NC(=O)c2cc(NC(C)=O)ccc2F)sc(C)c1C. The normalized spacial score (nSPS) is 10.3. The van der Waals surface area contributed by atoms with Crippen LogP contribution in [0.3, 0.4) is 0 Å². The summed E-state index contributed by atoms with van der Waals surface area (Å²) in [6, 6.07) is 3.68. The van der Waals surface area contributed by atoms with Crippen LogP contribution in [0.2, 0.25) is 0 Å². The molecule has 0 spiro atoms. The summed E-state index contributed by atoms with van der Waals surface area (Å²) in [7, 11) is 1.25. The predicted molar refractivity (Wildman–Crippen MR) is 93.8 cm³/mol. The van der Waals surface area contributed by atoms with Crippen LogP contribution in [0.25, 0.3) is 0 Å². The lowest BCUT2D eigenvalue weighted by atomic mass is 10.1. The molecule has 0 aliphatic rings. The van der Waals surface area contributed by atoms with E-state index in [2.05, 4.69) is 10.6 Å². The lowest BCUT2D eigenvalue weighted by molar-refractivity contribution is -0.114. The Morgan fingerprint density at radius 1 is 1.16 bits per heavy atom. The molecule has 1 heterocycles. The first-order chi connectivity index (χ1) is 11.7. The highest BCUT2D eigenvalue weighted by molar-refractivity contribution is 7.16. The molecule has 0 atom stereocenters. The number of hydrogen-bond donors (Lipinski definition) is 2. The van der Waals surface area contributed by atoms with Gasteiger partial charge in [-0.1, -0.05) is 0 Å². The van der Waals surface area contributed by atoms with Crippen molar-refractivity contribution >= 4 is 39.8 Å². The molecule has 0 fully saturated rings. The molecule has 2 N–H and O–H groups in total. The minimum absolute atomic E-state index is 0.245. The maximum atomic E-state index is 14.0. The summed E-state index contributed by atoms with van der Waals surface area (Å²) in [5.74, 6) is -2.38. The summed E-state index contributed by atoms with van der Waals surface area (Å²) in [5.41, 5.74) is 0.993. The maximum absolute atomic E-state index is 14.0. The zero-order valence-corrected chi connectivity index (χ0v) is 15.0. The molecule has 1 aromatic heterocycles. The van der Waals surface area contributed by atoms with Crippen molar-refractivity contribution in [2.45, 2.75) is 20.8 Å². The Kier molecular flexibility index (Phi) is 5.53. The third-order valence-electron chi connectivity index (χ3n) is 3.53. The largest absolute Gasteiger partial charge is 0.465 e. The van der Waals surface area contributed by atoms with Gasteiger partial charge >= 0.3 is 5.97 Å². The number of anilines is 2. The lowest BCUT2D eigenvalue weighted by Crippen LogP contribution is -2.16. The Morgan fingerprint density at radius 3 is 2.44 bits per heavy atom. The maximum Gasteiger partial charge on any atom is 0.341 e. The van der Waals surface area contributed by atoms with E-state index in [9.17, 15) is 18.8 Å². The number of methoxy groups -OCH3 is 1. The second kappa shape index (κ2) is 7.43. The van der Waals surface area contributed by atoms with Gasteiger partial charge in [-0.3, -0.25) is 9.59 Å². The van der Waals surface area contributed by atoms with Gasteiger partial charge in [-0.05, 0) is 37.6 Å². The number of esters is 1. The van der Waals surface area contributed by atoms with Crippen LogP contribution in [0.5, 0.6) is 0 Å². The fourth-order valence-corrected chi connectivity index (χ4v) is 3.26. The van der Waals surface area contributed by atoms with E-state index in [-0.39, 0.29) is 22.0 Å². The average molecular weight is 364 g/mol. The van der Waals surface area contributed by atoms with E-state index in [1.807, 2.05) is 0 Å². The summed E-state index contributed by atoms with van der Waals surface area (Å²) < 4.78 is 18.7. The molecule has 2 amide bonds. The molecular formula is C17H17FN2O4S. The Labute approximate surface area is 148 Å². The first-order valence-corrected chi connectivity index (χ1v) is 8.13. The molecular weight excluding hydrogens is 347 g/mol. The van der Waals surface area contributed by atoms with E-state index >= 15 is 0 Å². The van der Waals surface area contributed by atoms with E-state index in [1.165, 1.54) is 37.5 Å². The fourth-order valence-electron chi connectivity index (χ4n) is 2.21. The topological polar surface area (TPSA) is 84.5 Å². The van der Waals surface area contributed by atoms with Gasteiger partial charge in [0.05, 0.1) is 18.2 Å². The van der Waals surface area contributed by atoms with Crippen LogP contribution in [-0.4, -0.2) is 24.9 Å². The molecule has 132 valence electrons. The zero-order valence-electron chi connectivity index (χ0n) is 14.2. The first-order valence-electron chi connectivity index (χ1n) is 7.31. The quantitative estimate of drug-likeness (QED) is 0.813. The molecule has 0 aliphatic carbocycles. The molecule has 0 saturated carbocycles. The molecule has 2 rings (SSSR count). The van der Waals surface area contributed by atoms with E-state index in [1.54, 1.807) is 13.8 Å². The number of carbonyl (C=O) groups is 3. The molecule has 6 nitrogen and oxygen atoms in total. The van der Waals surface area contributed by atoms with E-state index in [0.717, 1.165) is 10.9 Å². The minimum atomic E-state index is -0.740. The minimum Gasteiger partial charge on any atom is -0.465 e. The van der Waals surface area contributed by atoms with E-state index < -0.39 is 17.7 Å². The molecule has 25 heavy (non-hydrogen) atoms. The lowest BCUT2D eigenvalue weighted by Gasteiger charge is -2.09. The number of rotatable bonds is 4. The third kappa shape index (κ3) is 4.03. The molecule has 0 saturated heterocycles. The van der Waals surface area contributed by atoms with Crippen molar-refractivity contribution in [2.24, 2.45) is 0 Å². The fraction of sp³-hybridized carbons (Fsp3) is 0.235. The van der Waals surface area contributed by atoms with Gasteiger partial charge in [0, 0.05) is 17.5 Å². The second-order valence-corrected chi connectivity index (χ2v) is 6.53. The van der Waals surface area contributed by atoms with Gasteiger partial charge in [0.2, 0.25) is 5.91 Å². The number of carbonyl (C=O) groups excluding carboxylic acids is 3. The number of nitrogens with one attached hydrogen (secondary N) is 2. The van der Waals surface area contributed by atoms with Crippen molar-refractivity contribution in [3.8, 4) is 0 Å². The standard InChI is InChI=1S/C17H17FN2O4S/c1-8-9(2)25-16(14(8)17(23)24-4)20-15(22)12-7-11(19-10(3)21)5-6-13(12)18/h5-7H,1-4H3,(H,19,21)(H,20,22). The predicted octanol–water partition coefficient (Wildman–Crippen LogP) is 3.50. The number of hydrogen-bond acceptors (Lipinski definition) is 5. The highest BCUT2D eigenvalue weighted by atomic mass is 32.1. The summed E-state index contributed by atoms with van der Waals surface area (Å²) in [6.45, 7) is 4.86. The number of aryl methyl sites for hydroxylation is 1. The van der Waals surface area contributed by atoms with E-state index in [0.29, 0.717) is 11.3 Å². The van der Waals surface area contributed by atoms with Crippen molar-refractivity contribution in [3.63, 3.8) is 0 Å². The monoisotopic (exact) mass is 364 g/mol. The molecule has 0 aliphatic heterocycles. The van der Waals surface area contributed by atoms with Crippen molar-refractivity contribution in [3.05, 3.63) is 45.6 Å². The molecule has 2 aromatic rings. The van der Waals surface area contributed by atoms with Gasteiger partial charge in [-0.25, -0.2) is 9.18 Å². The van der Waals surface area contributed by atoms with Crippen LogP contribution < -0.4 is 10.6 Å². The summed E-state index contributed by atoms with van der Waals surface area (Å²) in [4.78, 5) is 36.3. The Bertz CT molecular complexity index is 861. The van der Waals surface area contributed by atoms with Crippen LogP contribution >= 0.6 is 11.3 Å². The zero-order chi connectivity index (χ0) is 18.7. The molecule has 0 unspecified atom stereocenters. The van der Waals surface area contributed by atoms with Crippen LogP contribution in [0.4, 0.5) is 15.1 Å². The molecule has 0 radical (unpaired) electrons. The van der Waals surface area contributed by atoms with Crippen molar-refractivity contribution in [2.75, 3.05) is 17.7 Å². The van der Waals surface area contributed by atoms with Gasteiger partial charge in [-0.2, -0.15) is 0 Å². The highest BCUT2D eigenvalue weighted by Crippen LogP contribution is 2.33. The van der Waals surface area contributed by atoms with E-state index in [4.69, 9.17) is 4.74 Å². The number of amides is 2. The average Bonchev–Trinajstić information content (AvgIpc) is 2.82. The Morgan fingerprint density at radius 2 is 1.84 bits per heavy atom.